The van der Waals surface area contributed by atoms with Gasteiger partial charge >= 0.3 is 0 Å². The van der Waals surface area contributed by atoms with E-state index in [1.165, 1.54) is 4.70 Å². The van der Waals surface area contributed by atoms with Crippen molar-refractivity contribution < 1.29 is 4.74 Å². The molecule has 5 heteroatoms. The average molecular weight is 287 g/mol. The molecule has 0 saturated heterocycles. The van der Waals surface area contributed by atoms with Crippen molar-refractivity contribution in [2.45, 2.75) is 0 Å². The number of aromatic nitrogens is 1. The molecule has 0 fully saturated rings. The van der Waals surface area contributed by atoms with Crippen molar-refractivity contribution in [2.24, 2.45) is 0 Å². The number of benzene rings is 1. The highest BCUT2D eigenvalue weighted by Crippen LogP contribution is 2.27. The molecule has 0 amide bonds. The van der Waals surface area contributed by atoms with Crippen molar-refractivity contribution in [1.82, 2.24) is 4.98 Å². The van der Waals surface area contributed by atoms with E-state index in [9.17, 15) is 0 Å². The second-order valence-corrected chi connectivity index (χ2v) is 5.00. The van der Waals surface area contributed by atoms with Gasteiger partial charge in [0.25, 0.3) is 0 Å². The predicted molar refractivity (Wildman–Crippen MR) is 67.7 cm³/mol. The monoisotopic (exact) mass is 286 g/mol. The molecular formula is C10H11BrN2OS. The molecule has 15 heavy (non-hydrogen) atoms. The van der Waals surface area contributed by atoms with Crippen LogP contribution < -0.4 is 5.32 Å². The molecule has 80 valence electrons. The predicted octanol–water partition coefficient (Wildman–Crippen LogP) is 3.12. The maximum absolute atomic E-state index is 4.96. The lowest BCUT2D eigenvalue weighted by Crippen LogP contribution is -2.06. The van der Waals surface area contributed by atoms with Crippen LogP contribution >= 0.6 is 27.3 Å². The molecule has 2 aromatic rings. The molecular weight excluding hydrogens is 276 g/mol. The Balaban J connectivity index is 2.16. The van der Waals surface area contributed by atoms with Crippen LogP contribution in [0, 0.1) is 0 Å². The molecule has 2 rings (SSSR count). The fourth-order valence-electron chi connectivity index (χ4n) is 1.24. The molecule has 0 aliphatic carbocycles. The van der Waals surface area contributed by atoms with Gasteiger partial charge in [0, 0.05) is 18.1 Å². The first-order chi connectivity index (χ1) is 7.29. The Morgan fingerprint density at radius 3 is 3.20 bits per heavy atom. The zero-order chi connectivity index (χ0) is 10.7. The van der Waals surface area contributed by atoms with Crippen LogP contribution in [-0.2, 0) is 4.74 Å². The molecule has 0 unspecified atom stereocenters. The summed E-state index contributed by atoms with van der Waals surface area (Å²) < 4.78 is 7.22. The second-order valence-electron chi connectivity index (χ2n) is 3.05. The van der Waals surface area contributed by atoms with Crippen molar-refractivity contribution >= 4 is 42.6 Å². The van der Waals surface area contributed by atoms with Crippen LogP contribution in [0.5, 0.6) is 0 Å². The van der Waals surface area contributed by atoms with Gasteiger partial charge in [-0.2, -0.15) is 0 Å². The number of nitrogens with one attached hydrogen (secondary N) is 1. The molecule has 0 radical (unpaired) electrons. The van der Waals surface area contributed by atoms with Crippen LogP contribution in [-0.4, -0.2) is 25.2 Å². The van der Waals surface area contributed by atoms with Crippen LogP contribution in [0.2, 0.25) is 0 Å². The summed E-state index contributed by atoms with van der Waals surface area (Å²) in [5.41, 5.74) is 1.02. The van der Waals surface area contributed by atoms with Crippen molar-refractivity contribution in [2.75, 3.05) is 25.6 Å². The Bertz CT molecular complexity index is 458. The van der Waals surface area contributed by atoms with Crippen molar-refractivity contribution in [3.05, 3.63) is 22.7 Å². The zero-order valence-electron chi connectivity index (χ0n) is 8.29. The summed E-state index contributed by atoms with van der Waals surface area (Å²) in [6.45, 7) is 1.48. The van der Waals surface area contributed by atoms with Crippen molar-refractivity contribution in [1.29, 1.82) is 0 Å². The molecule has 0 saturated carbocycles. The highest BCUT2D eigenvalue weighted by atomic mass is 79.9. The minimum absolute atomic E-state index is 0.694. The Morgan fingerprint density at radius 1 is 1.53 bits per heavy atom. The number of nitrogens with zero attached hydrogens (tertiary/aromatic N) is 1. The number of anilines is 1. The number of fused-ring (bicyclic) bond motifs is 1. The SMILES string of the molecule is COCCNc1nc2cc(Br)ccc2s1. The molecule has 0 aliphatic heterocycles. The summed E-state index contributed by atoms with van der Waals surface area (Å²) in [4.78, 5) is 4.47. The van der Waals surface area contributed by atoms with Crippen molar-refractivity contribution in [3.8, 4) is 0 Å². The highest BCUT2D eigenvalue weighted by molar-refractivity contribution is 9.10. The second kappa shape index (κ2) is 4.92. The van der Waals surface area contributed by atoms with E-state index in [-0.39, 0.29) is 0 Å². The standard InChI is InChI=1S/C10H11BrN2OS/c1-14-5-4-12-10-13-8-6-7(11)2-3-9(8)15-10/h2-3,6H,4-5H2,1H3,(H,12,13). The number of halogens is 1. The third-order valence-electron chi connectivity index (χ3n) is 1.93. The molecule has 0 aliphatic rings. The van der Waals surface area contributed by atoms with Crippen LogP contribution in [0.25, 0.3) is 10.2 Å². The topological polar surface area (TPSA) is 34.1 Å². The van der Waals surface area contributed by atoms with Crippen LogP contribution in [0.4, 0.5) is 5.13 Å². The minimum Gasteiger partial charge on any atom is -0.383 e. The Morgan fingerprint density at radius 2 is 2.40 bits per heavy atom. The lowest BCUT2D eigenvalue weighted by molar-refractivity contribution is 0.211. The summed E-state index contributed by atoms with van der Waals surface area (Å²) in [6.07, 6.45) is 0. The van der Waals surface area contributed by atoms with Gasteiger partial charge < -0.3 is 10.1 Å². The number of ether oxygens (including phenoxy) is 1. The Hall–Kier alpha value is -0.650. The Labute approximate surface area is 101 Å². The molecule has 0 atom stereocenters. The average Bonchev–Trinajstić information content (AvgIpc) is 2.60. The molecule has 3 nitrogen and oxygen atoms in total. The number of rotatable bonds is 4. The smallest absolute Gasteiger partial charge is 0.183 e. The number of hydrogen-bond acceptors (Lipinski definition) is 4. The van der Waals surface area contributed by atoms with E-state index < -0.39 is 0 Å². The van der Waals surface area contributed by atoms with E-state index in [1.54, 1.807) is 18.4 Å². The first-order valence-corrected chi connectivity index (χ1v) is 6.19. The van der Waals surface area contributed by atoms with Gasteiger partial charge in [0.15, 0.2) is 5.13 Å². The minimum atomic E-state index is 0.694. The number of methoxy groups -OCH3 is 1. The maximum Gasteiger partial charge on any atom is 0.183 e. The summed E-state index contributed by atoms with van der Waals surface area (Å²) in [6, 6.07) is 6.12. The molecule has 0 spiro atoms. The summed E-state index contributed by atoms with van der Waals surface area (Å²) in [5, 5.41) is 4.17. The molecule has 0 bridgehead atoms. The van der Waals surface area contributed by atoms with Crippen LogP contribution in [0.1, 0.15) is 0 Å². The normalized spacial score (nSPS) is 10.8. The van der Waals surface area contributed by atoms with Crippen molar-refractivity contribution in [3.63, 3.8) is 0 Å². The fourth-order valence-corrected chi connectivity index (χ4v) is 2.46. The van der Waals surface area contributed by atoms with Gasteiger partial charge in [0.2, 0.25) is 0 Å². The van der Waals surface area contributed by atoms with Gasteiger partial charge in [-0.05, 0) is 18.2 Å². The largest absolute Gasteiger partial charge is 0.383 e. The van der Waals surface area contributed by atoms with Gasteiger partial charge in [0.05, 0.1) is 16.8 Å². The summed E-state index contributed by atoms with van der Waals surface area (Å²) >= 11 is 5.09. The molecule has 1 aromatic heterocycles. The molecule has 1 aromatic carbocycles. The first-order valence-electron chi connectivity index (χ1n) is 4.58. The Kier molecular flexibility index (Phi) is 3.56. The lowest BCUT2D eigenvalue weighted by atomic mass is 10.3. The summed E-state index contributed by atoms with van der Waals surface area (Å²) in [5.74, 6) is 0. The fraction of sp³-hybridized carbons (Fsp3) is 0.300. The molecule has 1 heterocycles. The van der Waals surface area contributed by atoms with E-state index in [4.69, 9.17) is 4.74 Å². The molecule has 1 N–H and O–H groups in total. The van der Waals surface area contributed by atoms with Gasteiger partial charge in [-0.15, -0.1) is 0 Å². The summed E-state index contributed by atoms with van der Waals surface area (Å²) in [7, 11) is 1.69. The van der Waals surface area contributed by atoms with E-state index in [1.807, 2.05) is 12.1 Å². The number of hydrogen-bond donors (Lipinski definition) is 1. The van der Waals surface area contributed by atoms with Gasteiger partial charge in [-0.3, -0.25) is 0 Å². The first kappa shape index (κ1) is 10.9. The van der Waals surface area contributed by atoms with Crippen LogP contribution in [0.15, 0.2) is 22.7 Å². The van der Waals surface area contributed by atoms with E-state index in [0.717, 1.165) is 21.7 Å². The van der Waals surface area contributed by atoms with Gasteiger partial charge in [-0.1, -0.05) is 27.3 Å². The zero-order valence-corrected chi connectivity index (χ0v) is 10.7. The van der Waals surface area contributed by atoms with Crippen LogP contribution in [0.3, 0.4) is 0 Å². The third-order valence-corrected chi connectivity index (χ3v) is 3.42. The maximum atomic E-state index is 4.96. The number of thiazole rings is 1. The lowest BCUT2D eigenvalue weighted by Gasteiger charge is -1.99. The van der Waals surface area contributed by atoms with E-state index >= 15 is 0 Å². The van der Waals surface area contributed by atoms with E-state index in [0.29, 0.717) is 6.61 Å². The van der Waals surface area contributed by atoms with Gasteiger partial charge in [0.1, 0.15) is 0 Å². The van der Waals surface area contributed by atoms with Gasteiger partial charge in [-0.25, -0.2) is 4.98 Å². The third kappa shape index (κ3) is 2.68. The highest BCUT2D eigenvalue weighted by Gasteiger charge is 2.02. The van der Waals surface area contributed by atoms with E-state index in [2.05, 4.69) is 32.3 Å². The quantitative estimate of drug-likeness (QED) is 0.877.